The van der Waals surface area contributed by atoms with Crippen molar-refractivity contribution in [3.05, 3.63) is 34.9 Å². The number of nitrogens with one attached hydrogen (secondary N) is 2. The van der Waals surface area contributed by atoms with E-state index < -0.39 is 0 Å². The smallest absolute Gasteiger partial charge is 0.261 e. The summed E-state index contributed by atoms with van der Waals surface area (Å²) in [6.07, 6.45) is 3.11. The topological polar surface area (TPSA) is 105 Å². The SMILES string of the molecule is O=C(NCCNc1ncnc2c1cnn2CCO)c1cccs1. The summed E-state index contributed by atoms with van der Waals surface area (Å²) in [6, 6.07) is 3.64. The van der Waals surface area contributed by atoms with Crippen LogP contribution >= 0.6 is 11.3 Å². The maximum absolute atomic E-state index is 11.8. The zero-order valence-corrected chi connectivity index (χ0v) is 13.1. The van der Waals surface area contributed by atoms with E-state index in [1.54, 1.807) is 16.9 Å². The van der Waals surface area contributed by atoms with Crippen molar-refractivity contribution in [1.82, 2.24) is 25.1 Å². The second kappa shape index (κ2) is 7.16. The molecule has 0 radical (unpaired) electrons. The molecule has 23 heavy (non-hydrogen) atoms. The van der Waals surface area contributed by atoms with Crippen molar-refractivity contribution in [1.29, 1.82) is 0 Å². The molecule has 1 amide bonds. The van der Waals surface area contributed by atoms with Gasteiger partial charge in [0.25, 0.3) is 5.91 Å². The number of carbonyl (C=O) groups is 1. The van der Waals surface area contributed by atoms with E-state index in [1.165, 1.54) is 17.7 Å². The third-order valence-corrected chi connectivity index (χ3v) is 4.06. The van der Waals surface area contributed by atoms with E-state index >= 15 is 0 Å². The lowest BCUT2D eigenvalue weighted by atomic mass is 10.4. The predicted octanol–water partition coefficient (Wildman–Crippen LogP) is 0.722. The van der Waals surface area contributed by atoms with E-state index in [4.69, 9.17) is 5.11 Å². The van der Waals surface area contributed by atoms with Gasteiger partial charge in [-0.05, 0) is 11.4 Å². The third kappa shape index (κ3) is 3.46. The van der Waals surface area contributed by atoms with Crippen LogP contribution in [-0.4, -0.2) is 50.5 Å². The van der Waals surface area contributed by atoms with Crippen LogP contribution in [0, 0.1) is 0 Å². The minimum Gasteiger partial charge on any atom is -0.394 e. The standard InChI is InChI=1S/C14H16N6O2S/c21-6-5-20-13-10(8-19-20)12(17-9-18-13)15-3-4-16-14(22)11-2-1-7-23-11/h1-2,7-9,21H,3-6H2,(H,16,22)(H,15,17,18). The first-order chi connectivity index (χ1) is 11.3. The van der Waals surface area contributed by atoms with E-state index in [0.29, 0.717) is 36.0 Å². The highest BCUT2D eigenvalue weighted by molar-refractivity contribution is 7.12. The van der Waals surface area contributed by atoms with Crippen molar-refractivity contribution in [2.75, 3.05) is 25.0 Å². The van der Waals surface area contributed by atoms with Gasteiger partial charge in [0.05, 0.1) is 29.6 Å². The van der Waals surface area contributed by atoms with Gasteiger partial charge in [0.2, 0.25) is 0 Å². The summed E-state index contributed by atoms with van der Waals surface area (Å²) in [4.78, 5) is 20.9. The third-order valence-electron chi connectivity index (χ3n) is 3.19. The number of rotatable bonds is 7. The number of hydrogen-bond donors (Lipinski definition) is 3. The fourth-order valence-corrected chi connectivity index (χ4v) is 2.78. The summed E-state index contributed by atoms with van der Waals surface area (Å²) in [5.41, 5.74) is 0.666. The Bertz CT molecular complexity index is 786. The first-order valence-corrected chi connectivity index (χ1v) is 8.00. The number of hydrogen-bond acceptors (Lipinski definition) is 7. The monoisotopic (exact) mass is 332 g/mol. The van der Waals surface area contributed by atoms with Gasteiger partial charge in [-0.1, -0.05) is 6.07 Å². The largest absolute Gasteiger partial charge is 0.394 e. The van der Waals surface area contributed by atoms with Crippen LogP contribution in [0.15, 0.2) is 30.0 Å². The molecule has 0 saturated heterocycles. The van der Waals surface area contributed by atoms with Crippen LogP contribution in [0.2, 0.25) is 0 Å². The van der Waals surface area contributed by atoms with Gasteiger partial charge in [0, 0.05) is 13.1 Å². The number of thiophene rings is 1. The molecular weight excluding hydrogens is 316 g/mol. The van der Waals surface area contributed by atoms with Crippen molar-refractivity contribution in [2.24, 2.45) is 0 Å². The molecule has 0 spiro atoms. The minimum atomic E-state index is -0.0783. The second-order valence-corrected chi connectivity index (χ2v) is 5.66. The maximum atomic E-state index is 11.8. The fourth-order valence-electron chi connectivity index (χ4n) is 2.14. The lowest BCUT2D eigenvalue weighted by molar-refractivity contribution is 0.0959. The highest BCUT2D eigenvalue weighted by Gasteiger charge is 2.09. The number of aliphatic hydroxyl groups is 1. The van der Waals surface area contributed by atoms with Crippen molar-refractivity contribution < 1.29 is 9.90 Å². The number of aliphatic hydroxyl groups excluding tert-OH is 1. The molecule has 120 valence electrons. The lowest BCUT2D eigenvalue weighted by Crippen LogP contribution is -2.28. The number of aromatic nitrogens is 4. The van der Waals surface area contributed by atoms with Crippen LogP contribution in [-0.2, 0) is 6.54 Å². The van der Waals surface area contributed by atoms with E-state index in [-0.39, 0.29) is 12.5 Å². The first-order valence-electron chi connectivity index (χ1n) is 7.12. The Morgan fingerprint density at radius 3 is 3.04 bits per heavy atom. The van der Waals surface area contributed by atoms with E-state index in [1.807, 2.05) is 11.4 Å². The average molecular weight is 332 g/mol. The zero-order chi connectivity index (χ0) is 16.1. The van der Waals surface area contributed by atoms with Crippen LogP contribution in [0.25, 0.3) is 11.0 Å². The molecule has 3 aromatic heterocycles. The summed E-state index contributed by atoms with van der Waals surface area (Å²) in [7, 11) is 0. The number of nitrogens with zero attached hydrogens (tertiary/aromatic N) is 4. The Morgan fingerprint density at radius 2 is 2.26 bits per heavy atom. The van der Waals surface area contributed by atoms with Gasteiger partial charge >= 0.3 is 0 Å². The van der Waals surface area contributed by atoms with Crippen molar-refractivity contribution in [3.8, 4) is 0 Å². The van der Waals surface area contributed by atoms with E-state index in [0.717, 1.165) is 5.39 Å². The summed E-state index contributed by atoms with van der Waals surface area (Å²) >= 11 is 1.41. The summed E-state index contributed by atoms with van der Waals surface area (Å²) < 4.78 is 1.63. The molecule has 0 aliphatic carbocycles. The van der Waals surface area contributed by atoms with Gasteiger partial charge in [-0.2, -0.15) is 5.10 Å². The molecule has 0 unspecified atom stereocenters. The Morgan fingerprint density at radius 1 is 1.35 bits per heavy atom. The Hall–Kier alpha value is -2.52. The highest BCUT2D eigenvalue weighted by atomic mass is 32.1. The molecule has 0 fully saturated rings. The molecule has 0 aromatic carbocycles. The Labute approximate surface area is 136 Å². The summed E-state index contributed by atoms with van der Waals surface area (Å²) in [6.45, 7) is 1.40. The molecule has 0 bridgehead atoms. The fraction of sp³-hybridized carbons (Fsp3) is 0.286. The number of fused-ring (bicyclic) bond motifs is 1. The molecule has 3 N–H and O–H groups in total. The molecule has 3 rings (SSSR count). The molecule has 0 saturated carbocycles. The summed E-state index contributed by atoms with van der Waals surface area (Å²) in [5.74, 6) is 0.579. The van der Waals surface area contributed by atoms with Crippen LogP contribution in [0.1, 0.15) is 9.67 Å². The van der Waals surface area contributed by atoms with Crippen molar-refractivity contribution in [3.63, 3.8) is 0 Å². The highest BCUT2D eigenvalue weighted by Crippen LogP contribution is 2.18. The number of carbonyl (C=O) groups excluding carboxylic acids is 1. The molecular formula is C14H16N6O2S. The van der Waals surface area contributed by atoms with E-state index in [2.05, 4.69) is 25.7 Å². The lowest BCUT2D eigenvalue weighted by Gasteiger charge is -2.07. The molecule has 0 atom stereocenters. The quantitative estimate of drug-likeness (QED) is 0.551. The Balaban J connectivity index is 1.58. The van der Waals surface area contributed by atoms with Gasteiger partial charge in [-0.3, -0.25) is 4.79 Å². The number of anilines is 1. The molecule has 3 heterocycles. The maximum Gasteiger partial charge on any atom is 0.261 e. The average Bonchev–Trinajstić information content (AvgIpc) is 3.22. The predicted molar refractivity (Wildman–Crippen MR) is 87.6 cm³/mol. The molecule has 0 aliphatic rings. The van der Waals surface area contributed by atoms with Crippen LogP contribution in [0.4, 0.5) is 5.82 Å². The normalized spacial score (nSPS) is 10.8. The van der Waals surface area contributed by atoms with Crippen molar-refractivity contribution >= 4 is 34.1 Å². The second-order valence-electron chi connectivity index (χ2n) is 4.71. The van der Waals surface area contributed by atoms with Gasteiger partial charge in [-0.25, -0.2) is 14.6 Å². The van der Waals surface area contributed by atoms with Crippen LogP contribution in [0.5, 0.6) is 0 Å². The van der Waals surface area contributed by atoms with Gasteiger partial charge in [-0.15, -0.1) is 11.3 Å². The van der Waals surface area contributed by atoms with Crippen LogP contribution in [0.3, 0.4) is 0 Å². The van der Waals surface area contributed by atoms with Crippen molar-refractivity contribution in [2.45, 2.75) is 6.54 Å². The van der Waals surface area contributed by atoms with Gasteiger partial charge in [0.15, 0.2) is 5.65 Å². The Kier molecular flexibility index (Phi) is 4.79. The van der Waals surface area contributed by atoms with Gasteiger partial charge < -0.3 is 15.7 Å². The number of amides is 1. The minimum absolute atomic E-state index is 0.00169. The molecule has 3 aromatic rings. The van der Waals surface area contributed by atoms with Crippen LogP contribution < -0.4 is 10.6 Å². The summed E-state index contributed by atoms with van der Waals surface area (Å²) in [5, 5.41) is 21.9. The molecule has 8 nitrogen and oxygen atoms in total. The molecule has 0 aliphatic heterocycles. The first kappa shape index (κ1) is 15.4. The van der Waals surface area contributed by atoms with Gasteiger partial charge in [0.1, 0.15) is 12.1 Å². The molecule has 9 heteroatoms. The van der Waals surface area contributed by atoms with E-state index in [9.17, 15) is 4.79 Å². The zero-order valence-electron chi connectivity index (χ0n) is 12.3.